The number of amides is 1. The highest BCUT2D eigenvalue weighted by atomic mass is 16.5. The van der Waals surface area contributed by atoms with Crippen molar-refractivity contribution < 1.29 is 9.53 Å². The third kappa shape index (κ3) is 4.96. The number of hydrogen-bond donors (Lipinski definition) is 1. The van der Waals surface area contributed by atoms with E-state index < -0.39 is 0 Å². The Morgan fingerprint density at radius 3 is 2.54 bits per heavy atom. The van der Waals surface area contributed by atoms with Crippen LogP contribution in [0.3, 0.4) is 0 Å². The average molecular weight is 349 g/mol. The summed E-state index contributed by atoms with van der Waals surface area (Å²) in [4.78, 5) is 12.3. The topological polar surface area (TPSA) is 56.1 Å². The van der Waals surface area contributed by atoms with Gasteiger partial charge in [0.1, 0.15) is 5.75 Å². The van der Waals surface area contributed by atoms with Crippen LogP contribution in [0, 0.1) is 0 Å². The molecule has 1 N–H and O–H groups in total. The molecule has 0 saturated carbocycles. The van der Waals surface area contributed by atoms with Crippen molar-refractivity contribution in [3.05, 3.63) is 78.1 Å². The van der Waals surface area contributed by atoms with Gasteiger partial charge in [-0.1, -0.05) is 30.3 Å². The lowest BCUT2D eigenvalue weighted by molar-refractivity contribution is 0.102. The van der Waals surface area contributed by atoms with Crippen molar-refractivity contribution in [2.75, 3.05) is 5.32 Å². The molecule has 5 nitrogen and oxygen atoms in total. The molecule has 26 heavy (non-hydrogen) atoms. The number of ether oxygens (including phenoxy) is 1. The van der Waals surface area contributed by atoms with E-state index in [1.807, 2.05) is 42.9 Å². The standard InChI is InChI=1S/C21H23N3O2/c1-16(2)26-20-10-8-18(9-11-20)21(25)23-19-14-22-24(15-19)13-12-17-6-4-3-5-7-17/h3-11,14-16H,12-13H2,1-2H3,(H,23,25). The van der Waals surface area contributed by atoms with Crippen molar-refractivity contribution >= 4 is 11.6 Å². The fourth-order valence-electron chi connectivity index (χ4n) is 2.60. The number of anilines is 1. The Morgan fingerprint density at radius 1 is 1.12 bits per heavy atom. The highest BCUT2D eigenvalue weighted by Crippen LogP contribution is 2.15. The van der Waals surface area contributed by atoms with E-state index in [2.05, 4.69) is 22.5 Å². The summed E-state index contributed by atoms with van der Waals surface area (Å²) in [6.07, 6.45) is 4.51. The van der Waals surface area contributed by atoms with Crippen LogP contribution in [0.2, 0.25) is 0 Å². The zero-order valence-corrected chi connectivity index (χ0v) is 15.1. The Labute approximate surface area is 153 Å². The molecule has 1 aromatic heterocycles. The van der Waals surface area contributed by atoms with E-state index in [1.165, 1.54) is 5.56 Å². The highest BCUT2D eigenvalue weighted by Gasteiger charge is 2.08. The predicted octanol–water partition coefficient (Wildman–Crippen LogP) is 4.17. The largest absolute Gasteiger partial charge is 0.491 e. The van der Waals surface area contributed by atoms with Crippen molar-refractivity contribution in [3.63, 3.8) is 0 Å². The minimum absolute atomic E-state index is 0.108. The van der Waals surface area contributed by atoms with E-state index in [-0.39, 0.29) is 12.0 Å². The van der Waals surface area contributed by atoms with Crippen molar-refractivity contribution in [2.45, 2.75) is 32.9 Å². The number of aryl methyl sites for hydroxylation is 2. The van der Waals surface area contributed by atoms with Crippen molar-refractivity contribution in [3.8, 4) is 5.75 Å². The van der Waals surface area contributed by atoms with Gasteiger partial charge >= 0.3 is 0 Å². The van der Waals surface area contributed by atoms with Crippen LogP contribution in [0.4, 0.5) is 5.69 Å². The lowest BCUT2D eigenvalue weighted by Gasteiger charge is -2.10. The van der Waals surface area contributed by atoms with E-state index in [4.69, 9.17) is 4.74 Å². The van der Waals surface area contributed by atoms with E-state index in [1.54, 1.807) is 30.5 Å². The first-order valence-electron chi connectivity index (χ1n) is 8.74. The first kappa shape index (κ1) is 17.7. The summed E-state index contributed by atoms with van der Waals surface area (Å²) in [7, 11) is 0. The summed E-state index contributed by atoms with van der Waals surface area (Å²) in [5.74, 6) is 0.592. The minimum Gasteiger partial charge on any atom is -0.491 e. The first-order chi connectivity index (χ1) is 12.6. The molecule has 0 saturated heterocycles. The molecular formula is C21H23N3O2. The number of nitrogens with one attached hydrogen (secondary N) is 1. The Hall–Kier alpha value is -3.08. The van der Waals surface area contributed by atoms with Gasteiger partial charge in [0.15, 0.2) is 0 Å². The molecular weight excluding hydrogens is 326 g/mol. The van der Waals surface area contributed by atoms with Crippen LogP contribution in [0.1, 0.15) is 29.8 Å². The normalized spacial score (nSPS) is 10.7. The maximum absolute atomic E-state index is 12.3. The molecule has 0 aliphatic rings. The summed E-state index contributed by atoms with van der Waals surface area (Å²) in [6.45, 7) is 4.70. The molecule has 0 fully saturated rings. The van der Waals surface area contributed by atoms with Gasteiger partial charge in [0.25, 0.3) is 5.91 Å². The van der Waals surface area contributed by atoms with Crippen LogP contribution in [-0.2, 0) is 13.0 Å². The number of benzene rings is 2. The summed E-state index contributed by atoms with van der Waals surface area (Å²) in [5.41, 5.74) is 2.53. The van der Waals surface area contributed by atoms with Crippen molar-refractivity contribution in [1.29, 1.82) is 0 Å². The fraction of sp³-hybridized carbons (Fsp3) is 0.238. The van der Waals surface area contributed by atoms with Gasteiger partial charge in [-0.15, -0.1) is 0 Å². The van der Waals surface area contributed by atoms with Gasteiger partial charge in [-0.3, -0.25) is 9.48 Å². The van der Waals surface area contributed by atoms with Crippen LogP contribution in [0.5, 0.6) is 5.75 Å². The van der Waals surface area contributed by atoms with Gasteiger partial charge < -0.3 is 10.1 Å². The summed E-state index contributed by atoms with van der Waals surface area (Å²) in [5, 5.41) is 7.18. The van der Waals surface area contributed by atoms with Gasteiger partial charge in [-0.2, -0.15) is 5.10 Å². The third-order valence-corrected chi connectivity index (χ3v) is 3.85. The van der Waals surface area contributed by atoms with Crippen molar-refractivity contribution in [1.82, 2.24) is 9.78 Å². The van der Waals surface area contributed by atoms with Gasteiger partial charge in [-0.05, 0) is 50.1 Å². The summed E-state index contributed by atoms with van der Waals surface area (Å²) in [6, 6.07) is 17.4. The second-order valence-electron chi connectivity index (χ2n) is 6.37. The van der Waals surface area contributed by atoms with Crippen molar-refractivity contribution in [2.24, 2.45) is 0 Å². The van der Waals surface area contributed by atoms with Crippen LogP contribution >= 0.6 is 0 Å². The molecule has 0 bridgehead atoms. The van der Waals surface area contributed by atoms with Crippen LogP contribution in [0.15, 0.2) is 67.0 Å². The number of rotatable bonds is 7. The molecule has 3 aromatic rings. The minimum atomic E-state index is -0.163. The summed E-state index contributed by atoms with van der Waals surface area (Å²) < 4.78 is 7.42. The Balaban J connectivity index is 1.55. The quantitative estimate of drug-likeness (QED) is 0.697. The van der Waals surface area contributed by atoms with E-state index in [0.29, 0.717) is 11.3 Å². The molecule has 1 heterocycles. The third-order valence-electron chi connectivity index (χ3n) is 3.85. The van der Waals surface area contributed by atoms with E-state index in [9.17, 15) is 4.79 Å². The molecule has 0 aliphatic heterocycles. The average Bonchev–Trinajstić information content (AvgIpc) is 3.08. The number of aromatic nitrogens is 2. The lowest BCUT2D eigenvalue weighted by atomic mass is 10.1. The maximum atomic E-state index is 12.3. The maximum Gasteiger partial charge on any atom is 0.255 e. The molecule has 3 rings (SSSR count). The molecule has 5 heteroatoms. The Kier molecular flexibility index (Phi) is 5.69. The SMILES string of the molecule is CC(C)Oc1ccc(C(=O)Nc2cnn(CCc3ccccc3)c2)cc1. The first-order valence-corrected chi connectivity index (χ1v) is 8.74. The molecule has 0 radical (unpaired) electrons. The monoisotopic (exact) mass is 349 g/mol. The number of nitrogens with zero attached hydrogens (tertiary/aromatic N) is 2. The molecule has 0 aliphatic carbocycles. The zero-order valence-electron chi connectivity index (χ0n) is 15.1. The fourth-order valence-corrected chi connectivity index (χ4v) is 2.60. The van der Waals surface area contributed by atoms with Crippen LogP contribution in [-0.4, -0.2) is 21.8 Å². The van der Waals surface area contributed by atoms with Gasteiger partial charge in [0.2, 0.25) is 0 Å². The van der Waals surface area contributed by atoms with E-state index in [0.717, 1.165) is 18.7 Å². The highest BCUT2D eigenvalue weighted by molar-refractivity contribution is 6.04. The predicted molar refractivity (Wildman–Crippen MR) is 103 cm³/mol. The second-order valence-corrected chi connectivity index (χ2v) is 6.37. The van der Waals surface area contributed by atoms with Gasteiger partial charge in [0.05, 0.1) is 18.0 Å². The Bertz CT molecular complexity index is 839. The molecule has 1 amide bonds. The molecule has 0 unspecified atom stereocenters. The van der Waals surface area contributed by atoms with E-state index >= 15 is 0 Å². The van der Waals surface area contributed by atoms with Crippen LogP contribution < -0.4 is 10.1 Å². The lowest BCUT2D eigenvalue weighted by Crippen LogP contribution is -2.11. The Morgan fingerprint density at radius 2 is 1.85 bits per heavy atom. The second kappa shape index (κ2) is 8.34. The molecule has 134 valence electrons. The number of carbonyl (C=O) groups is 1. The smallest absolute Gasteiger partial charge is 0.255 e. The zero-order chi connectivity index (χ0) is 18.4. The molecule has 2 aromatic carbocycles. The molecule has 0 atom stereocenters. The van der Waals surface area contributed by atoms with Crippen LogP contribution in [0.25, 0.3) is 0 Å². The van der Waals surface area contributed by atoms with Gasteiger partial charge in [-0.25, -0.2) is 0 Å². The number of hydrogen-bond acceptors (Lipinski definition) is 3. The molecule has 0 spiro atoms. The summed E-state index contributed by atoms with van der Waals surface area (Å²) >= 11 is 0. The number of carbonyl (C=O) groups excluding carboxylic acids is 1. The van der Waals surface area contributed by atoms with Gasteiger partial charge in [0, 0.05) is 18.3 Å².